The van der Waals surface area contributed by atoms with E-state index in [-0.39, 0.29) is 5.54 Å². The average molecular weight is 146 g/mol. The van der Waals surface area contributed by atoms with Gasteiger partial charge in [0.15, 0.2) is 0 Å². The Morgan fingerprint density at radius 3 is 3.11 bits per heavy atom. The first kappa shape index (κ1) is 3.05. The van der Waals surface area contributed by atoms with E-state index in [1.165, 1.54) is 0 Å². The molecule has 9 heavy (non-hydrogen) atoms. The molecule has 3 fully saturated rings. The van der Waals surface area contributed by atoms with Gasteiger partial charge in [-0.2, -0.15) is 0 Å². The van der Waals surface area contributed by atoms with E-state index in [1.807, 2.05) is 0 Å². The zero-order chi connectivity index (χ0) is 8.51. The molecule has 50 valence electrons. The van der Waals surface area contributed by atoms with E-state index >= 15 is 0 Å². The number of rotatable bonds is 1. The van der Waals surface area contributed by atoms with Crippen molar-refractivity contribution >= 4 is 10.0 Å². The molecule has 0 spiro atoms. The third-order valence-electron chi connectivity index (χ3n) is 3.10. The minimum absolute atomic E-state index is 0.0752. The SMILES string of the molecule is [3H][Si]([3H])([3H])C1CC2CC1C1OC21. The molecule has 0 N–H and O–H groups in total. The molecule has 3 aliphatic rings. The van der Waals surface area contributed by atoms with Crippen LogP contribution in [0.25, 0.3) is 0 Å². The molecule has 2 heteroatoms. The fourth-order valence-electron chi connectivity index (χ4n) is 2.60. The van der Waals surface area contributed by atoms with Crippen LogP contribution in [0.2, 0.25) is 5.54 Å². The highest BCUT2D eigenvalue weighted by atomic mass is 28.1. The van der Waals surface area contributed by atoms with Crippen LogP contribution in [0.4, 0.5) is 0 Å². The topological polar surface area (TPSA) is 12.5 Å². The minimum Gasteiger partial charge on any atom is -0.369 e. The summed E-state index contributed by atoms with van der Waals surface area (Å²) in [5, 5.41) is 0. The molecule has 3 rings (SSSR count). The maximum absolute atomic E-state index is 7.51. The lowest BCUT2D eigenvalue weighted by molar-refractivity contribution is 0.264. The molecule has 0 aromatic rings. The van der Waals surface area contributed by atoms with E-state index in [1.54, 1.807) is 0 Å². The summed E-state index contributed by atoms with van der Waals surface area (Å²) < 4.78 is 28.0. The number of hydrogen-bond donors (Lipinski definition) is 0. The van der Waals surface area contributed by atoms with Crippen LogP contribution in [0.5, 0.6) is 0 Å². The fourth-order valence-corrected chi connectivity index (χ4v) is 3.23. The Labute approximate surface area is 61.9 Å². The predicted molar refractivity (Wildman–Crippen MR) is 38.6 cm³/mol. The second-order valence-corrected chi connectivity index (χ2v) is 4.31. The van der Waals surface area contributed by atoms with Gasteiger partial charge in [0, 0.05) is 13.7 Å². The van der Waals surface area contributed by atoms with Gasteiger partial charge in [-0.3, -0.25) is 0 Å². The van der Waals surface area contributed by atoms with Gasteiger partial charge in [-0.15, -0.1) is 0 Å². The highest BCUT2D eigenvalue weighted by Gasteiger charge is 2.61. The summed E-state index contributed by atoms with van der Waals surface area (Å²) in [5.41, 5.74) is 0.0752. The molecule has 1 aliphatic heterocycles. The fraction of sp³-hybridized carbons (Fsp3) is 1.00. The molecule has 2 aliphatic carbocycles. The summed E-state index contributed by atoms with van der Waals surface area (Å²) >= 11 is 0. The van der Waals surface area contributed by atoms with Gasteiger partial charge in [-0.1, -0.05) is 0 Å². The van der Waals surface area contributed by atoms with Crippen molar-refractivity contribution in [2.45, 2.75) is 30.6 Å². The second kappa shape index (κ2) is 1.27. The zero-order valence-electron chi connectivity index (χ0n) is 8.21. The lowest BCUT2D eigenvalue weighted by Gasteiger charge is -2.11. The van der Waals surface area contributed by atoms with Crippen LogP contribution >= 0.6 is 0 Å². The van der Waals surface area contributed by atoms with Gasteiger partial charge < -0.3 is 4.74 Å². The van der Waals surface area contributed by atoms with Crippen LogP contribution in [0.3, 0.4) is 0 Å². The molecule has 1 saturated heterocycles. The summed E-state index contributed by atoms with van der Waals surface area (Å²) in [4.78, 5) is 0. The third-order valence-corrected chi connectivity index (χ3v) is 3.76. The van der Waals surface area contributed by atoms with Gasteiger partial charge in [0.25, 0.3) is 0 Å². The highest BCUT2D eigenvalue weighted by molar-refractivity contribution is 6.12. The number of epoxide rings is 1. The van der Waals surface area contributed by atoms with Crippen LogP contribution in [-0.4, -0.2) is 26.0 Å². The van der Waals surface area contributed by atoms with E-state index in [0.717, 1.165) is 12.8 Å². The van der Waals surface area contributed by atoms with Gasteiger partial charge >= 0.3 is 0 Å². The monoisotopic (exact) mass is 146 g/mol. The Bertz CT molecular complexity index is 229. The lowest BCUT2D eigenvalue weighted by atomic mass is 10.0. The second-order valence-electron chi connectivity index (χ2n) is 3.57. The molecule has 1 heterocycles. The number of ether oxygens (including phenoxy) is 1. The summed E-state index contributed by atoms with van der Waals surface area (Å²) in [6, 6.07) is 0. The van der Waals surface area contributed by atoms with E-state index in [4.69, 9.17) is 8.44 Å². The molecule has 5 atom stereocenters. The molecule has 0 aromatic heterocycles. The largest absolute Gasteiger partial charge is 0.369 e. The molecular formula is C7H12OSi. The standard InChI is InChI=1S/C7H12OSi/c9-5-2-3-1-4(5)7-6(3)8-7/h3-7H,1-2H2,9H3/i9T3. The molecule has 0 radical (unpaired) electrons. The van der Waals surface area contributed by atoms with Crippen molar-refractivity contribution < 1.29 is 4.74 Å². The van der Waals surface area contributed by atoms with Crippen molar-refractivity contribution in [2.24, 2.45) is 11.8 Å². The van der Waals surface area contributed by atoms with Crippen molar-refractivity contribution in [1.82, 2.24) is 0 Å². The van der Waals surface area contributed by atoms with Crippen molar-refractivity contribution in [3.05, 3.63) is 0 Å². The Morgan fingerprint density at radius 2 is 2.44 bits per heavy atom. The Balaban J connectivity index is 1.84. The predicted octanol–water partition coefficient (Wildman–Crippen LogP) is -0.0525. The first-order valence-corrected chi connectivity index (χ1v) is 4.30. The van der Waals surface area contributed by atoms with Crippen LogP contribution in [0.15, 0.2) is 0 Å². The van der Waals surface area contributed by atoms with E-state index in [0.29, 0.717) is 24.0 Å². The molecule has 5 unspecified atom stereocenters. The van der Waals surface area contributed by atoms with Crippen molar-refractivity contribution in [2.75, 3.05) is 0 Å². The van der Waals surface area contributed by atoms with Gasteiger partial charge in [-0.25, -0.2) is 0 Å². The molecule has 2 saturated carbocycles. The molecule has 1 nitrogen and oxygen atoms in total. The molecular weight excluding hydrogens is 128 g/mol. The van der Waals surface area contributed by atoms with E-state index in [2.05, 4.69) is 0 Å². The van der Waals surface area contributed by atoms with Crippen molar-refractivity contribution in [3.8, 4) is 0 Å². The van der Waals surface area contributed by atoms with Crippen molar-refractivity contribution in [1.29, 1.82) is 3.70 Å². The van der Waals surface area contributed by atoms with Crippen LogP contribution in [0.1, 0.15) is 12.8 Å². The van der Waals surface area contributed by atoms with Crippen LogP contribution < -0.4 is 0 Å². The summed E-state index contributed by atoms with van der Waals surface area (Å²) in [6.45, 7) is 0. The quantitative estimate of drug-likeness (QED) is 0.373. The zero-order valence-corrected chi connectivity index (χ0v) is 6.21. The lowest BCUT2D eigenvalue weighted by Crippen LogP contribution is -2.12. The molecule has 2 bridgehead atoms. The number of hydrogen-bond acceptors (Lipinski definition) is 1. The van der Waals surface area contributed by atoms with Gasteiger partial charge in [0.1, 0.15) is 0 Å². The van der Waals surface area contributed by atoms with Crippen molar-refractivity contribution in [3.63, 3.8) is 0 Å². The van der Waals surface area contributed by atoms with Crippen LogP contribution in [-0.2, 0) is 4.74 Å². The maximum Gasteiger partial charge on any atom is 0.0872 e. The van der Waals surface area contributed by atoms with Gasteiger partial charge in [0.05, 0.1) is 12.2 Å². The normalized spacial score (nSPS) is 74.7. The van der Waals surface area contributed by atoms with E-state index < -0.39 is 10.0 Å². The molecule has 0 aromatic carbocycles. The average Bonchev–Trinajstić information content (AvgIpc) is 2.55. The minimum atomic E-state index is -3.12. The van der Waals surface area contributed by atoms with Gasteiger partial charge in [-0.05, 0) is 30.2 Å². The van der Waals surface area contributed by atoms with Crippen LogP contribution in [0, 0.1) is 11.8 Å². The third kappa shape index (κ3) is 0.455. The van der Waals surface area contributed by atoms with E-state index in [9.17, 15) is 0 Å². The summed E-state index contributed by atoms with van der Waals surface area (Å²) in [6.07, 6.45) is 2.92. The summed E-state index contributed by atoms with van der Waals surface area (Å²) in [5.74, 6) is 1.03. The Kier molecular flexibility index (Phi) is 0.432. The summed E-state index contributed by atoms with van der Waals surface area (Å²) in [7, 11) is -3.12. The smallest absolute Gasteiger partial charge is 0.0872 e. The highest BCUT2D eigenvalue weighted by Crippen LogP contribution is 2.60. The number of fused-ring (bicyclic) bond motifs is 5. The first-order valence-electron chi connectivity index (χ1n) is 5.23. The Morgan fingerprint density at radius 1 is 1.44 bits per heavy atom. The molecule has 0 amide bonds. The first-order chi connectivity index (χ1) is 5.57. The van der Waals surface area contributed by atoms with Gasteiger partial charge in [0.2, 0.25) is 0 Å². The maximum atomic E-state index is 7.51. The Hall–Kier alpha value is 0.177.